The second-order valence-corrected chi connectivity index (χ2v) is 12.2. The summed E-state index contributed by atoms with van der Waals surface area (Å²) in [5.74, 6) is -0.582. The molecule has 11 heteroatoms. The number of benzene rings is 2. The van der Waals surface area contributed by atoms with Gasteiger partial charge >= 0.3 is 0 Å². The molecule has 0 radical (unpaired) electrons. The number of hydrogen-bond acceptors (Lipinski definition) is 7. The lowest BCUT2D eigenvalue weighted by Gasteiger charge is -2.53. The summed E-state index contributed by atoms with van der Waals surface area (Å²) in [5, 5.41) is 16.3. The number of amides is 1. The Labute approximate surface area is 264 Å². The third kappa shape index (κ3) is 4.78. The van der Waals surface area contributed by atoms with Gasteiger partial charge in [0.2, 0.25) is 0 Å². The molecule has 0 aliphatic carbocycles. The second-order valence-electron chi connectivity index (χ2n) is 12.2. The summed E-state index contributed by atoms with van der Waals surface area (Å²) in [4.78, 5) is 33.8. The fraction of sp³-hybridized carbons (Fsp3) is 0.257. The van der Waals surface area contributed by atoms with Crippen molar-refractivity contribution >= 4 is 27.8 Å². The van der Waals surface area contributed by atoms with Gasteiger partial charge in [-0.25, -0.2) is 14.4 Å². The molecule has 2 aromatic carbocycles. The first-order valence-corrected chi connectivity index (χ1v) is 15.4. The molecule has 1 N–H and O–H groups in total. The van der Waals surface area contributed by atoms with Crippen LogP contribution in [-0.2, 0) is 5.54 Å². The van der Waals surface area contributed by atoms with Crippen LogP contribution in [0.3, 0.4) is 0 Å². The molecule has 0 unspecified atom stereocenters. The van der Waals surface area contributed by atoms with E-state index >= 15 is 4.39 Å². The molecule has 4 aromatic heterocycles. The first-order chi connectivity index (χ1) is 22.5. The number of carbonyl (C=O) groups is 1. The molecule has 2 aliphatic rings. The molecule has 1 amide bonds. The molecule has 0 bridgehead atoms. The highest BCUT2D eigenvalue weighted by atomic mass is 19.1. The van der Waals surface area contributed by atoms with Gasteiger partial charge in [0, 0.05) is 78.3 Å². The van der Waals surface area contributed by atoms with E-state index < -0.39 is 11.4 Å². The Balaban J connectivity index is 0.914. The lowest BCUT2D eigenvalue weighted by molar-refractivity contribution is -0.0412. The van der Waals surface area contributed by atoms with Crippen molar-refractivity contribution in [3.63, 3.8) is 0 Å². The molecule has 6 heterocycles. The SMILES string of the molecule is N#CCC1(n2cc(-c3ncnc4[nH]ccc34)cn2)CN(C2CCN(C(=O)c3ccc(-c4ccc5cccnc5c4)c(F)c3)CC2)C1. The number of nitriles is 1. The lowest BCUT2D eigenvalue weighted by atomic mass is 9.83. The largest absolute Gasteiger partial charge is 0.346 e. The molecule has 0 spiro atoms. The van der Waals surface area contributed by atoms with Crippen LogP contribution in [0.15, 0.2) is 85.7 Å². The van der Waals surface area contributed by atoms with E-state index in [1.165, 1.54) is 12.4 Å². The highest BCUT2D eigenvalue weighted by Gasteiger charge is 2.48. The first-order valence-electron chi connectivity index (χ1n) is 15.4. The van der Waals surface area contributed by atoms with Crippen LogP contribution in [0, 0.1) is 17.1 Å². The van der Waals surface area contributed by atoms with Crippen molar-refractivity contribution < 1.29 is 9.18 Å². The third-order valence-corrected chi connectivity index (χ3v) is 9.50. The third-order valence-electron chi connectivity index (χ3n) is 9.50. The number of rotatable bonds is 6. The van der Waals surface area contributed by atoms with Gasteiger partial charge in [-0.1, -0.05) is 24.3 Å². The van der Waals surface area contributed by atoms with Crippen LogP contribution >= 0.6 is 0 Å². The molecular weight excluding hydrogens is 581 g/mol. The molecular formula is C35H30FN9O. The van der Waals surface area contributed by atoms with Gasteiger partial charge in [-0.05, 0) is 48.7 Å². The monoisotopic (exact) mass is 611 g/mol. The van der Waals surface area contributed by atoms with Gasteiger partial charge < -0.3 is 9.88 Å². The van der Waals surface area contributed by atoms with E-state index in [2.05, 4.69) is 36.0 Å². The van der Waals surface area contributed by atoms with Gasteiger partial charge in [0.15, 0.2) is 0 Å². The van der Waals surface area contributed by atoms with Gasteiger partial charge in [-0.15, -0.1) is 0 Å². The van der Waals surface area contributed by atoms with Gasteiger partial charge in [0.1, 0.15) is 23.3 Å². The van der Waals surface area contributed by atoms with Crippen molar-refractivity contribution in [1.82, 2.24) is 39.5 Å². The van der Waals surface area contributed by atoms with Crippen LogP contribution in [0.2, 0.25) is 0 Å². The summed E-state index contributed by atoms with van der Waals surface area (Å²) < 4.78 is 17.2. The summed E-state index contributed by atoms with van der Waals surface area (Å²) in [5.41, 5.74) is 4.36. The molecule has 46 heavy (non-hydrogen) atoms. The maximum absolute atomic E-state index is 15.3. The predicted molar refractivity (Wildman–Crippen MR) is 171 cm³/mol. The van der Waals surface area contributed by atoms with Gasteiger partial charge in [0.05, 0.1) is 29.9 Å². The highest BCUT2D eigenvalue weighted by molar-refractivity contribution is 5.95. The predicted octanol–water partition coefficient (Wildman–Crippen LogP) is 5.41. The number of aromatic nitrogens is 6. The summed E-state index contributed by atoms with van der Waals surface area (Å²) in [6.45, 7) is 2.61. The Morgan fingerprint density at radius 1 is 1.04 bits per heavy atom. The zero-order chi connectivity index (χ0) is 31.3. The summed E-state index contributed by atoms with van der Waals surface area (Å²) in [7, 11) is 0. The van der Waals surface area contributed by atoms with E-state index in [-0.39, 0.29) is 5.91 Å². The zero-order valence-electron chi connectivity index (χ0n) is 25.0. The number of fused-ring (bicyclic) bond motifs is 2. The van der Waals surface area contributed by atoms with Crippen molar-refractivity contribution in [3.8, 4) is 28.5 Å². The molecule has 2 aliphatic heterocycles. The minimum absolute atomic E-state index is 0.156. The molecule has 6 aromatic rings. The number of likely N-dealkylation sites (tertiary alicyclic amines) is 2. The first kappa shape index (κ1) is 28.0. The maximum Gasteiger partial charge on any atom is 0.253 e. The van der Waals surface area contributed by atoms with E-state index in [9.17, 15) is 10.1 Å². The molecule has 0 saturated carbocycles. The number of aromatic amines is 1. The highest BCUT2D eigenvalue weighted by Crippen LogP contribution is 2.37. The zero-order valence-corrected chi connectivity index (χ0v) is 25.0. The Morgan fingerprint density at radius 2 is 1.91 bits per heavy atom. The number of carbonyl (C=O) groups excluding carboxylic acids is 1. The van der Waals surface area contributed by atoms with Crippen molar-refractivity contribution in [2.24, 2.45) is 0 Å². The van der Waals surface area contributed by atoms with Crippen LogP contribution in [0.4, 0.5) is 4.39 Å². The standard InChI is InChI=1S/C35H30FN9O/c36-30-16-25(5-6-28(30)24-4-3-23-2-1-12-38-31(23)17-24)34(46)43-14-8-27(9-15-43)44-20-35(21-44,10-11-37)45-19-26(18-42-45)32-29-7-13-39-33(29)41-22-40-32/h1-7,12-13,16-19,22,27H,8-10,14-15,20-21H2,(H,39,40,41). The summed E-state index contributed by atoms with van der Waals surface area (Å²) in [6, 6.07) is 18.9. The smallest absolute Gasteiger partial charge is 0.253 e. The average molecular weight is 612 g/mol. The Kier molecular flexibility index (Phi) is 6.80. The van der Waals surface area contributed by atoms with E-state index in [0.717, 1.165) is 51.6 Å². The van der Waals surface area contributed by atoms with Crippen LogP contribution in [-0.4, -0.2) is 77.6 Å². The van der Waals surface area contributed by atoms with Crippen LogP contribution in [0.25, 0.3) is 44.3 Å². The molecule has 2 saturated heterocycles. The minimum Gasteiger partial charge on any atom is -0.346 e. The van der Waals surface area contributed by atoms with E-state index in [0.29, 0.717) is 49.8 Å². The minimum atomic E-state index is -0.426. The average Bonchev–Trinajstić information content (AvgIpc) is 3.77. The normalized spacial score (nSPS) is 16.8. The Morgan fingerprint density at radius 3 is 2.74 bits per heavy atom. The van der Waals surface area contributed by atoms with Gasteiger partial charge in [0.25, 0.3) is 5.91 Å². The summed E-state index contributed by atoms with van der Waals surface area (Å²) >= 11 is 0. The topological polar surface area (TPSA) is 120 Å². The van der Waals surface area contributed by atoms with E-state index in [1.807, 2.05) is 58.4 Å². The molecule has 10 nitrogen and oxygen atoms in total. The number of hydrogen-bond donors (Lipinski definition) is 1. The van der Waals surface area contributed by atoms with Crippen LogP contribution in [0.5, 0.6) is 0 Å². The van der Waals surface area contributed by atoms with Crippen molar-refractivity contribution in [2.45, 2.75) is 30.8 Å². The number of piperidine rings is 1. The van der Waals surface area contributed by atoms with Crippen LogP contribution < -0.4 is 0 Å². The van der Waals surface area contributed by atoms with Crippen molar-refractivity contribution in [1.29, 1.82) is 5.26 Å². The molecule has 228 valence electrons. The molecule has 8 rings (SSSR count). The van der Waals surface area contributed by atoms with E-state index in [4.69, 9.17) is 0 Å². The number of nitrogens with one attached hydrogen (secondary N) is 1. The number of halogens is 1. The quantitative estimate of drug-likeness (QED) is 0.268. The molecule has 2 fully saturated rings. The molecule has 0 atom stereocenters. The fourth-order valence-electron chi connectivity index (χ4n) is 6.99. The van der Waals surface area contributed by atoms with Crippen LogP contribution in [0.1, 0.15) is 29.6 Å². The Bertz CT molecular complexity index is 2130. The van der Waals surface area contributed by atoms with E-state index in [1.54, 1.807) is 24.5 Å². The van der Waals surface area contributed by atoms with Crippen molar-refractivity contribution in [2.75, 3.05) is 26.2 Å². The Hall–Kier alpha value is -5.47. The number of H-pyrrole nitrogens is 1. The van der Waals surface area contributed by atoms with Gasteiger partial charge in [-0.2, -0.15) is 10.4 Å². The van der Waals surface area contributed by atoms with Crippen molar-refractivity contribution in [3.05, 3.63) is 97.1 Å². The maximum atomic E-state index is 15.3. The number of nitrogens with zero attached hydrogens (tertiary/aromatic N) is 8. The number of pyridine rings is 1. The van der Waals surface area contributed by atoms with Gasteiger partial charge in [-0.3, -0.25) is 19.4 Å². The lowest BCUT2D eigenvalue weighted by Crippen LogP contribution is -2.66. The second kappa shape index (κ2) is 11.2. The fourth-order valence-corrected chi connectivity index (χ4v) is 6.99. The summed E-state index contributed by atoms with van der Waals surface area (Å²) in [6.07, 6.45) is 10.9.